The third-order valence-corrected chi connectivity index (χ3v) is 4.08. The van der Waals surface area contributed by atoms with Crippen LogP contribution < -0.4 is 5.32 Å². The maximum Gasteiger partial charge on any atom is 0.236 e. The van der Waals surface area contributed by atoms with Crippen molar-refractivity contribution >= 4 is 5.91 Å². The van der Waals surface area contributed by atoms with E-state index >= 15 is 0 Å². The number of carbonyl (C=O) groups excluding carboxylic acids is 1. The smallest absolute Gasteiger partial charge is 0.236 e. The first-order valence-corrected chi connectivity index (χ1v) is 7.55. The molecule has 0 spiro atoms. The van der Waals surface area contributed by atoms with Crippen LogP contribution in [0.2, 0.25) is 0 Å². The Bertz CT molecular complexity index is 290. The van der Waals surface area contributed by atoms with E-state index in [9.17, 15) is 4.79 Å². The zero-order valence-corrected chi connectivity index (χ0v) is 12.2. The standard InChI is InChI=1S/C14H27N3O2/c1-3-13-11-19-12(2)9-17(13)10-14(18)16-7-4-5-15-6-8-16/h12-13,15H,3-11H2,1-2H3. The zero-order valence-electron chi connectivity index (χ0n) is 12.2. The maximum atomic E-state index is 12.4. The summed E-state index contributed by atoms with van der Waals surface area (Å²) in [5.74, 6) is 0.274. The Morgan fingerprint density at radius 1 is 1.37 bits per heavy atom. The Hall–Kier alpha value is -0.650. The minimum Gasteiger partial charge on any atom is -0.376 e. The van der Waals surface area contributed by atoms with Gasteiger partial charge in [0, 0.05) is 32.2 Å². The van der Waals surface area contributed by atoms with Crippen LogP contribution in [0.25, 0.3) is 0 Å². The molecule has 2 saturated heterocycles. The van der Waals surface area contributed by atoms with Gasteiger partial charge in [-0.3, -0.25) is 9.69 Å². The van der Waals surface area contributed by atoms with Gasteiger partial charge in [-0.1, -0.05) is 6.92 Å². The predicted octanol–water partition coefficient (Wildman–Crippen LogP) is 0.308. The average Bonchev–Trinajstić information content (AvgIpc) is 2.68. The summed E-state index contributed by atoms with van der Waals surface area (Å²) in [7, 11) is 0. The molecule has 0 aromatic carbocycles. The van der Waals surface area contributed by atoms with Crippen LogP contribution in [0.15, 0.2) is 0 Å². The Morgan fingerprint density at radius 3 is 3.00 bits per heavy atom. The van der Waals surface area contributed by atoms with Crippen molar-refractivity contribution in [1.29, 1.82) is 0 Å². The van der Waals surface area contributed by atoms with Crippen LogP contribution in [0.1, 0.15) is 26.7 Å². The lowest BCUT2D eigenvalue weighted by molar-refractivity contribution is -0.136. The molecule has 2 atom stereocenters. The molecule has 2 rings (SSSR count). The van der Waals surface area contributed by atoms with Crippen molar-refractivity contribution < 1.29 is 9.53 Å². The lowest BCUT2D eigenvalue weighted by atomic mass is 10.1. The van der Waals surface area contributed by atoms with Gasteiger partial charge in [-0.05, 0) is 26.3 Å². The Kier molecular flexibility index (Phi) is 5.60. The largest absolute Gasteiger partial charge is 0.376 e. The van der Waals surface area contributed by atoms with Gasteiger partial charge in [0.1, 0.15) is 0 Å². The molecule has 0 saturated carbocycles. The van der Waals surface area contributed by atoms with E-state index in [1.54, 1.807) is 0 Å². The van der Waals surface area contributed by atoms with E-state index < -0.39 is 0 Å². The Morgan fingerprint density at radius 2 is 2.21 bits per heavy atom. The van der Waals surface area contributed by atoms with Crippen molar-refractivity contribution in [2.45, 2.75) is 38.8 Å². The second kappa shape index (κ2) is 7.22. The summed E-state index contributed by atoms with van der Waals surface area (Å²) in [6.07, 6.45) is 2.34. The van der Waals surface area contributed by atoms with Crippen LogP contribution in [-0.2, 0) is 9.53 Å². The van der Waals surface area contributed by atoms with Crippen molar-refractivity contribution in [1.82, 2.24) is 15.1 Å². The average molecular weight is 269 g/mol. The number of ether oxygens (including phenoxy) is 1. The molecule has 0 aromatic heterocycles. The van der Waals surface area contributed by atoms with Crippen molar-refractivity contribution in [2.24, 2.45) is 0 Å². The number of hydrogen-bond donors (Lipinski definition) is 1. The molecule has 0 aromatic rings. The monoisotopic (exact) mass is 269 g/mol. The summed E-state index contributed by atoms with van der Waals surface area (Å²) < 4.78 is 5.68. The first-order valence-electron chi connectivity index (χ1n) is 7.55. The van der Waals surface area contributed by atoms with Gasteiger partial charge in [-0.25, -0.2) is 0 Å². The van der Waals surface area contributed by atoms with Crippen molar-refractivity contribution in [3.8, 4) is 0 Å². The van der Waals surface area contributed by atoms with Crippen LogP contribution in [0.4, 0.5) is 0 Å². The highest BCUT2D eigenvalue weighted by molar-refractivity contribution is 5.78. The molecular weight excluding hydrogens is 242 g/mol. The zero-order chi connectivity index (χ0) is 13.7. The molecule has 0 bridgehead atoms. The molecule has 2 unspecified atom stereocenters. The molecule has 2 aliphatic heterocycles. The Labute approximate surface area is 116 Å². The molecule has 1 N–H and O–H groups in total. The van der Waals surface area contributed by atoms with Crippen LogP contribution >= 0.6 is 0 Å². The fraction of sp³-hybridized carbons (Fsp3) is 0.929. The van der Waals surface area contributed by atoms with Gasteiger partial charge in [0.15, 0.2) is 0 Å². The maximum absolute atomic E-state index is 12.4. The Balaban J connectivity index is 1.88. The molecular formula is C14H27N3O2. The van der Waals surface area contributed by atoms with Crippen LogP contribution in [0.5, 0.6) is 0 Å². The summed E-state index contributed by atoms with van der Waals surface area (Å²) in [5, 5.41) is 3.34. The molecule has 19 heavy (non-hydrogen) atoms. The molecule has 110 valence electrons. The fourth-order valence-electron chi connectivity index (χ4n) is 2.85. The van der Waals surface area contributed by atoms with Crippen molar-refractivity contribution in [2.75, 3.05) is 45.9 Å². The van der Waals surface area contributed by atoms with Crippen molar-refractivity contribution in [3.63, 3.8) is 0 Å². The van der Waals surface area contributed by atoms with Gasteiger partial charge < -0.3 is 15.0 Å². The van der Waals surface area contributed by atoms with E-state index in [0.29, 0.717) is 12.6 Å². The van der Waals surface area contributed by atoms with Gasteiger partial charge in [-0.2, -0.15) is 0 Å². The van der Waals surface area contributed by atoms with E-state index in [1.807, 2.05) is 4.90 Å². The van der Waals surface area contributed by atoms with Crippen LogP contribution in [0.3, 0.4) is 0 Å². The van der Waals surface area contributed by atoms with Gasteiger partial charge in [0.25, 0.3) is 0 Å². The number of rotatable bonds is 3. The number of morpholine rings is 1. The third kappa shape index (κ3) is 4.16. The normalized spacial score (nSPS) is 30.1. The first-order chi connectivity index (χ1) is 9.20. The van der Waals surface area contributed by atoms with Crippen LogP contribution in [0, 0.1) is 0 Å². The SMILES string of the molecule is CCC1COC(C)CN1CC(=O)N1CCCNCC1. The summed E-state index contributed by atoms with van der Waals surface area (Å²) in [4.78, 5) is 16.7. The van der Waals surface area contributed by atoms with E-state index in [2.05, 4.69) is 24.1 Å². The number of carbonyl (C=O) groups is 1. The first kappa shape index (κ1) is 14.8. The highest BCUT2D eigenvalue weighted by Crippen LogP contribution is 2.14. The quantitative estimate of drug-likeness (QED) is 0.801. The van der Waals surface area contributed by atoms with E-state index in [-0.39, 0.29) is 12.0 Å². The minimum atomic E-state index is 0.237. The highest BCUT2D eigenvalue weighted by atomic mass is 16.5. The van der Waals surface area contributed by atoms with E-state index in [0.717, 1.165) is 52.2 Å². The van der Waals surface area contributed by atoms with Gasteiger partial charge in [0.2, 0.25) is 5.91 Å². The highest BCUT2D eigenvalue weighted by Gasteiger charge is 2.28. The number of amides is 1. The molecule has 5 nitrogen and oxygen atoms in total. The van der Waals surface area contributed by atoms with Gasteiger partial charge >= 0.3 is 0 Å². The van der Waals surface area contributed by atoms with Crippen molar-refractivity contribution in [3.05, 3.63) is 0 Å². The van der Waals surface area contributed by atoms with E-state index in [1.165, 1.54) is 0 Å². The molecule has 2 fully saturated rings. The molecule has 0 aliphatic carbocycles. The minimum absolute atomic E-state index is 0.237. The molecule has 2 heterocycles. The fourth-order valence-corrected chi connectivity index (χ4v) is 2.85. The number of nitrogens with one attached hydrogen (secondary N) is 1. The molecule has 0 radical (unpaired) electrons. The third-order valence-electron chi connectivity index (χ3n) is 4.08. The van der Waals surface area contributed by atoms with Gasteiger partial charge in [0.05, 0.1) is 19.3 Å². The van der Waals surface area contributed by atoms with Gasteiger partial charge in [-0.15, -0.1) is 0 Å². The molecule has 5 heteroatoms. The summed E-state index contributed by atoms with van der Waals surface area (Å²) in [6.45, 7) is 10.1. The molecule has 2 aliphatic rings. The second-order valence-electron chi connectivity index (χ2n) is 5.62. The predicted molar refractivity (Wildman–Crippen MR) is 75.1 cm³/mol. The van der Waals surface area contributed by atoms with Crippen LogP contribution in [-0.4, -0.2) is 73.7 Å². The molecule has 1 amide bonds. The topological polar surface area (TPSA) is 44.8 Å². The van der Waals surface area contributed by atoms with E-state index in [4.69, 9.17) is 4.74 Å². The second-order valence-corrected chi connectivity index (χ2v) is 5.62. The summed E-state index contributed by atoms with van der Waals surface area (Å²) in [6, 6.07) is 0.394. The summed E-state index contributed by atoms with van der Waals surface area (Å²) >= 11 is 0. The lowest BCUT2D eigenvalue weighted by Crippen LogP contribution is -2.52. The number of nitrogens with zero attached hydrogens (tertiary/aromatic N) is 2. The lowest BCUT2D eigenvalue weighted by Gasteiger charge is -2.38. The summed E-state index contributed by atoms with van der Waals surface area (Å²) in [5.41, 5.74) is 0. The number of hydrogen-bond acceptors (Lipinski definition) is 4.